The van der Waals surface area contributed by atoms with Gasteiger partial charge < -0.3 is 4.74 Å². The minimum Gasteiger partial charge on any atom is -0.462 e. The zero-order valence-corrected chi connectivity index (χ0v) is 11.1. The number of rotatable bonds is 4. The lowest BCUT2D eigenvalue weighted by atomic mass is 9.93. The van der Waals surface area contributed by atoms with Crippen molar-refractivity contribution < 1.29 is 18.8 Å². The fourth-order valence-corrected chi connectivity index (χ4v) is 1.31. The van der Waals surface area contributed by atoms with Crippen LogP contribution in [0.25, 0.3) is 0 Å². The summed E-state index contributed by atoms with van der Waals surface area (Å²) in [5, 5.41) is 10.6. The largest absolute Gasteiger partial charge is 0.462 e. The summed E-state index contributed by atoms with van der Waals surface area (Å²) in [5.74, 6) is -1.71. The van der Waals surface area contributed by atoms with Gasteiger partial charge in [-0.25, -0.2) is 9.18 Å². The van der Waals surface area contributed by atoms with E-state index in [1.807, 2.05) is 20.8 Å². The van der Waals surface area contributed by atoms with Crippen molar-refractivity contribution in [1.82, 2.24) is 0 Å². The number of hydrogen-bond donors (Lipinski definition) is 0. The van der Waals surface area contributed by atoms with Gasteiger partial charge in [0.2, 0.25) is 0 Å². The summed E-state index contributed by atoms with van der Waals surface area (Å²) in [6, 6.07) is 2.77. The summed E-state index contributed by atoms with van der Waals surface area (Å²) in [5.41, 5.74) is -0.770. The second-order valence-electron chi connectivity index (χ2n) is 5.37. The first-order chi connectivity index (χ1) is 8.70. The predicted molar refractivity (Wildman–Crippen MR) is 67.4 cm³/mol. The molecule has 0 bridgehead atoms. The maximum Gasteiger partial charge on any atom is 0.341 e. The van der Waals surface area contributed by atoms with Crippen LogP contribution in [0, 0.1) is 21.3 Å². The van der Waals surface area contributed by atoms with Gasteiger partial charge in [-0.05, 0) is 17.9 Å². The minimum atomic E-state index is -0.884. The molecule has 0 aromatic heterocycles. The molecular formula is C13H16FNO4. The molecule has 0 unspecified atom stereocenters. The molecule has 0 heterocycles. The van der Waals surface area contributed by atoms with E-state index in [2.05, 4.69) is 0 Å². The van der Waals surface area contributed by atoms with Gasteiger partial charge in [0.25, 0.3) is 5.69 Å². The normalized spacial score (nSPS) is 11.2. The van der Waals surface area contributed by atoms with Gasteiger partial charge >= 0.3 is 5.97 Å². The molecule has 0 radical (unpaired) electrons. The Hall–Kier alpha value is -1.98. The smallest absolute Gasteiger partial charge is 0.341 e. The van der Waals surface area contributed by atoms with Crippen molar-refractivity contribution in [3.8, 4) is 0 Å². The molecule has 5 nitrogen and oxygen atoms in total. The van der Waals surface area contributed by atoms with E-state index in [1.54, 1.807) is 0 Å². The van der Waals surface area contributed by atoms with Crippen molar-refractivity contribution >= 4 is 11.7 Å². The fraction of sp³-hybridized carbons (Fsp3) is 0.462. The second-order valence-corrected chi connectivity index (χ2v) is 5.37. The molecule has 0 aliphatic rings. The predicted octanol–water partition coefficient (Wildman–Crippen LogP) is 3.33. The third kappa shape index (κ3) is 4.65. The Balaban J connectivity index is 2.76. The first-order valence-corrected chi connectivity index (χ1v) is 5.82. The van der Waals surface area contributed by atoms with Crippen molar-refractivity contribution in [2.24, 2.45) is 5.41 Å². The zero-order chi connectivity index (χ0) is 14.6. The highest BCUT2D eigenvalue weighted by Crippen LogP contribution is 2.20. The van der Waals surface area contributed by atoms with E-state index in [1.165, 1.54) is 0 Å². The van der Waals surface area contributed by atoms with Crippen LogP contribution in [0.3, 0.4) is 0 Å². The summed E-state index contributed by atoms with van der Waals surface area (Å²) >= 11 is 0. The number of hydrogen-bond acceptors (Lipinski definition) is 4. The van der Waals surface area contributed by atoms with Crippen LogP contribution in [0.4, 0.5) is 10.1 Å². The van der Waals surface area contributed by atoms with Gasteiger partial charge in [-0.2, -0.15) is 0 Å². The molecular weight excluding hydrogens is 253 g/mol. The molecule has 1 aromatic rings. The van der Waals surface area contributed by atoms with Gasteiger partial charge in [-0.1, -0.05) is 20.8 Å². The van der Waals surface area contributed by atoms with E-state index in [0.717, 1.165) is 18.2 Å². The van der Waals surface area contributed by atoms with Crippen molar-refractivity contribution in [2.75, 3.05) is 6.61 Å². The highest BCUT2D eigenvalue weighted by molar-refractivity contribution is 5.90. The van der Waals surface area contributed by atoms with Crippen molar-refractivity contribution in [3.05, 3.63) is 39.7 Å². The van der Waals surface area contributed by atoms with E-state index in [0.29, 0.717) is 6.42 Å². The maximum absolute atomic E-state index is 13.4. The Kier molecular flexibility index (Phi) is 4.58. The van der Waals surface area contributed by atoms with Gasteiger partial charge in [0, 0.05) is 12.1 Å². The molecule has 0 saturated heterocycles. The van der Waals surface area contributed by atoms with Gasteiger partial charge in [0.05, 0.1) is 11.5 Å². The van der Waals surface area contributed by atoms with E-state index in [4.69, 9.17) is 4.74 Å². The number of esters is 1. The van der Waals surface area contributed by atoms with E-state index < -0.39 is 22.3 Å². The number of carbonyl (C=O) groups is 1. The van der Waals surface area contributed by atoms with Crippen LogP contribution in [0.2, 0.25) is 0 Å². The number of carbonyl (C=O) groups excluding carboxylic acids is 1. The minimum absolute atomic E-state index is 0.0124. The van der Waals surface area contributed by atoms with E-state index in [-0.39, 0.29) is 17.7 Å². The Morgan fingerprint density at radius 3 is 2.58 bits per heavy atom. The first kappa shape index (κ1) is 15.1. The quantitative estimate of drug-likeness (QED) is 0.477. The Labute approximate surface area is 110 Å². The van der Waals surface area contributed by atoms with Crippen LogP contribution in [-0.4, -0.2) is 17.5 Å². The van der Waals surface area contributed by atoms with E-state index in [9.17, 15) is 19.3 Å². The number of benzene rings is 1. The standard InChI is InChI=1S/C13H16FNO4/c1-13(2,3)6-7-19-12(16)10-8-9(15(17)18)4-5-11(10)14/h4-5,8H,6-7H2,1-3H3. The van der Waals surface area contributed by atoms with Gasteiger partial charge in [-0.15, -0.1) is 0 Å². The molecule has 0 N–H and O–H groups in total. The molecule has 0 amide bonds. The molecule has 0 spiro atoms. The Morgan fingerprint density at radius 2 is 2.05 bits per heavy atom. The van der Waals surface area contributed by atoms with Crippen LogP contribution < -0.4 is 0 Å². The topological polar surface area (TPSA) is 69.4 Å². The number of ether oxygens (including phenoxy) is 1. The second kappa shape index (κ2) is 5.77. The third-order valence-corrected chi connectivity index (χ3v) is 2.47. The number of nitro groups is 1. The molecule has 0 saturated carbocycles. The molecule has 1 rings (SSSR count). The molecule has 19 heavy (non-hydrogen) atoms. The van der Waals surface area contributed by atoms with Gasteiger partial charge in [-0.3, -0.25) is 10.1 Å². The lowest BCUT2D eigenvalue weighted by Gasteiger charge is -2.17. The van der Waals surface area contributed by atoms with Crippen molar-refractivity contribution in [2.45, 2.75) is 27.2 Å². The summed E-state index contributed by atoms with van der Waals surface area (Å²) in [6.07, 6.45) is 0.620. The average Bonchev–Trinajstić information content (AvgIpc) is 2.27. The van der Waals surface area contributed by atoms with Crippen molar-refractivity contribution in [1.29, 1.82) is 0 Å². The zero-order valence-electron chi connectivity index (χ0n) is 11.1. The van der Waals surface area contributed by atoms with Crippen molar-refractivity contribution in [3.63, 3.8) is 0 Å². The lowest BCUT2D eigenvalue weighted by molar-refractivity contribution is -0.384. The lowest BCUT2D eigenvalue weighted by Crippen LogP contribution is -2.14. The molecule has 0 fully saturated rings. The molecule has 6 heteroatoms. The SMILES string of the molecule is CC(C)(C)CCOC(=O)c1cc([N+](=O)[O-])ccc1F. The highest BCUT2D eigenvalue weighted by Gasteiger charge is 2.19. The van der Waals surface area contributed by atoms with Crippen LogP contribution in [-0.2, 0) is 4.74 Å². The fourth-order valence-electron chi connectivity index (χ4n) is 1.31. The van der Waals surface area contributed by atoms with Crippen LogP contribution in [0.15, 0.2) is 18.2 Å². The third-order valence-electron chi connectivity index (χ3n) is 2.47. The Bertz CT molecular complexity index is 494. The van der Waals surface area contributed by atoms with E-state index >= 15 is 0 Å². The monoisotopic (exact) mass is 269 g/mol. The summed E-state index contributed by atoms with van der Waals surface area (Å²) in [4.78, 5) is 21.5. The average molecular weight is 269 g/mol. The first-order valence-electron chi connectivity index (χ1n) is 5.82. The van der Waals surface area contributed by atoms with Gasteiger partial charge in [0.1, 0.15) is 11.4 Å². The number of nitro benzene ring substituents is 1. The maximum atomic E-state index is 13.4. The molecule has 104 valence electrons. The molecule has 0 atom stereocenters. The molecule has 0 aliphatic heterocycles. The Morgan fingerprint density at radius 1 is 1.42 bits per heavy atom. The summed E-state index contributed by atoms with van der Waals surface area (Å²) < 4.78 is 18.3. The summed E-state index contributed by atoms with van der Waals surface area (Å²) in [6.45, 7) is 6.09. The van der Waals surface area contributed by atoms with Crippen LogP contribution >= 0.6 is 0 Å². The van der Waals surface area contributed by atoms with Crippen LogP contribution in [0.1, 0.15) is 37.6 Å². The number of halogens is 1. The number of non-ortho nitro benzene ring substituents is 1. The highest BCUT2D eigenvalue weighted by atomic mass is 19.1. The summed E-state index contributed by atoms with van der Waals surface area (Å²) in [7, 11) is 0. The number of nitrogens with zero attached hydrogens (tertiary/aromatic N) is 1. The molecule has 1 aromatic carbocycles. The van der Waals surface area contributed by atoms with Crippen LogP contribution in [0.5, 0.6) is 0 Å². The van der Waals surface area contributed by atoms with Gasteiger partial charge in [0.15, 0.2) is 0 Å². The molecule has 0 aliphatic carbocycles.